The lowest BCUT2D eigenvalue weighted by Crippen LogP contribution is -2.56. The number of carbonyl (C=O) groups excluding carboxylic acids is 3. The van der Waals surface area contributed by atoms with Crippen LogP contribution < -0.4 is 9.64 Å². The molecule has 5 rings (SSSR count). The fraction of sp³-hybridized carbons (Fsp3) is 0.486. The third-order valence-electron chi connectivity index (χ3n) is 9.92. The quantitative estimate of drug-likeness (QED) is 0.213. The monoisotopic (exact) mass is 629 g/mol. The fourth-order valence-corrected chi connectivity index (χ4v) is 7.82. The first kappa shape index (κ1) is 33.4. The minimum atomic E-state index is -1.13. The number of amides is 3. The minimum absolute atomic E-state index is 0.119. The Morgan fingerprint density at radius 1 is 1.00 bits per heavy atom. The highest BCUT2D eigenvalue weighted by atomic mass is 16.5. The summed E-state index contributed by atoms with van der Waals surface area (Å²) < 4.78 is 12.2. The molecule has 2 aromatic carbocycles. The number of carbonyl (C=O) groups is 3. The first-order valence-electron chi connectivity index (χ1n) is 16.4. The highest BCUT2D eigenvalue weighted by Crippen LogP contribution is 2.63. The number of ether oxygens (including phenoxy) is 2. The van der Waals surface area contributed by atoms with E-state index in [0.717, 1.165) is 18.4 Å². The molecule has 46 heavy (non-hydrogen) atoms. The van der Waals surface area contributed by atoms with Crippen molar-refractivity contribution in [3.63, 3.8) is 0 Å². The smallest absolute Gasteiger partial charge is 0.253 e. The van der Waals surface area contributed by atoms with Gasteiger partial charge in [0.05, 0.1) is 24.5 Å². The summed E-state index contributed by atoms with van der Waals surface area (Å²) in [6, 6.07) is 16.1. The molecule has 1 N–H and O–H groups in total. The Kier molecular flexibility index (Phi) is 10.3. The van der Waals surface area contributed by atoms with Gasteiger partial charge in [0, 0.05) is 38.5 Å². The Morgan fingerprint density at radius 2 is 1.70 bits per heavy atom. The summed E-state index contributed by atoms with van der Waals surface area (Å²) in [6.07, 6.45) is 7.45. The Hall–Kier alpha value is -3.95. The van der Waals surface area contributed by atoms with Gasteiger partial charge in [-0.3, -0.25) is 14.4 Å². The van der Waals surface area contributed by atoms with Gasteiger partial charge in [0.15, 0.2) is 0 Å². The highest BCUT2D eigenvalue weighted by Gasteiger charge is 2.78. The molecule has 9 heteroatoms. The van der Waals surface area contributed by atoms with Crippen molar-refractivity contribution < 1.29 is 29.0 Å². The topological polar surface area (TPSA) is 99.6 Å². The maximum atomic E-state index is 14.8. The number of unbranched alkanes of at least 4 members (excludes halogenated alkanes) is 3. The molecule has 0 aromatic heterocycles. The van der Waals surface area contributed by atoms with E-state index in [0.29, 0.717) is 56.8 Å². The number of anilines is 1. The van der Waals surface area contributed by atoms with Crippen LogP contribution in [-0.2, 0) is 25.7 Å². The summed E-state index contributed by atoms with van der Waals surface area (Å²) >= 11 is 0. The number of aliphatic hydroxyl groups excluding tert-OH is 1. The summed E-state index contributed by atoms with van der Waals surface area (Å²) in [7, 11) is 1.59. The second kappa shape index (κ2) is 14.2. The molecule has 5 atom stereocenters. The average molecular weight is 630 g/mol. The standard InChI is InChI=1S/C37H47N3O6/c1-5-22-38(26-27-14-10-9-11-15-27)33(42)30-31-34(43)40(24-12-7-8-13-25-41)32(37(31)21-20-36(30,3)46-37)35(44)39(23-6-2)28-16-18-29(45-4)19-17-28/h5-6,9-11,14-19,30-32,41H,1-2,7-8,12-13,20-26H2,3-4H3/t30-,31-,32?,36+,37?/m0/s1. The fourth-order valence-electron chi connectivity index (χ4n) is 7.82. The Bertz CT molecular complexity index is 1410. The molecule has 3 saturated heterocycles. The molecule has 3 heterocycles. The molecule has 0 aliphatic carbocycles. The van der Waals surface area contributed by atoms with E-state index in [1.807, 2.05) is 49.4 Å². The van der Waals surface area contributed by atoms with Crippen LogP contribution in [0.4, 0.5) is 5.69 Å². The van der Waals surface area contributed by atoms with Crippen LogP contribution in [0.1, 0.15) is 51.0 Å². The van der Waals surface area contributed by atoms with Crippen molar-refractivity contribution >= 4 is 23.4 Å². The molecule has 2 aromatic rings. The molecule has 2 bridgehead atoms. The number of methoxy groups -OCH3 is 1. The largest absolute Gasteiger partial charge is 0.497 e. The van der Waals surface area contributed by atoms with Gasteiger partial charge in [-0.25, -0.2) is 0 Å². The van der Waals surface area contributed by atoms with Crippen LogP contribution >= 0.6 is 0 Å². The molecular weight excluding hydrogens is 582 g/mol. The molecule has 3 amide bonds. The van der Waals surface area contributed by atoms with Gasteiger partial charge >= 0.3 is 0 Å². The third kappa shape index (κ3) is 6.10. The molecular formula is C37H47N3O6. The first-order valence-corrected chi connectivity index (χ1v) is 16.4. The molecule has 3 aliphatic heterocycles. The molecule has 3 fully saturated rings. The van der Waals surface area contributed by atoms with Crippen LogP contribution in [-0.4, -0.2) is 83.2 Å². The van der Waals surface area contributed by atoms with E-state index in [4.69, 9.17) is 9.47 Å². The van der Waals surface area contributed by atoms with Crippen molar-refractivity contribution in [2.75, 3.05) is 38.3 Å². The number of likely N-dealkylation sites (tertiary alicyclic amines) is 1. The van der Waals surface area contributed by atoms with E-state index in [1.165, 1.54) is 0 Å². The number of fused-ring (bicyclic) bond motifs is 1. The summed E-state index contributed by atoms with van der Waals surface area (Å²) in [4.78, 5) is 49.0. The Labute approximate surface area is 272 Å². The zero-order valence-electron chi connectivity index (χ0n) is 27.1. The van der Waals surface area contributed by atoms with E-state index in [1.54, 1.807) is 46.1 Å². The van der Waals surface area contributed by atoms with Crippen molar-refractivity contribution in [1.82, 2.24) is 9.80 Å². The van der Waals surface area contributed by atoms with Crippen molar-refractivity contribution in [1.29, 1.82) is 0 Å². The summed E-state index contributed by atoms with van der Waals surface area (Å²) in [5.74, 6) is -1.45. The van der Waals surface area contributed by atoms with Gasteiger partial charge in [-0.1, -0.05) is 55.3 Å². The van der Waals surface area contributed by atoms with Gasteiger partial charge in [0.25, 0.3) is 5.91 Å². The maximum absolute atomic E-state index is 14.8. The number of nitrogens with zero attached hydrogens (tertiary/aromatic N) is 3. The van der Waals surface area contributed by atoms with Crippen molar-refractivity contribution in [3.05, 3.63) is 85.5 Å². The lowest BCUT2D eigenvalue weighted by Gasteiger charge is -2.37. The van der Waals surface area contributed by atoms with Crippen LogP contribution in [0, 0.1) is 11.8 Å². The molecule has 1 spiro atoms. The van der Waals surface area contributed by atoms with E-state index < -0.39 is 29.1 Å². The molecule has 0 saturated carbocycles. The molecule has 0 radical (unpaired) electrons. The number of aliphatic hydroxyl groups is 1. The van der Waals surface area contributed by atoms with Gasteiger partial charge in [-0.15, -0.1) is 13.2 Å². The van der Waals surface area contributed by atoms with Crippen LogP contribution in [0.2, 0.25) is 0 Å². The number of benzene rings is 2. The van der Waals surface area contributed by atoms with E-state index in [2.05, 4.69) is 13.2 Å². The predicted molar refractivity (Wildman–Crippen MR) is 177 cm³/mol. The Morgan fingerprint density at radius 3 is 2.35 bits per heavy atom. The molecule has 9 nitrogen and oxygen atoms in total. The first-order chi connectivity index (χ1) is 22.2. The van der Waals surface area contributed by atoms with E-state index in [9.17, 15) is 19.5 Å². The van der Waals surface area contributed by atoms with Gasteiger partial charge in [-0.2, -0.15) is 0 Å². The van der Waals surface area contributed by atoms with Crippen LogP contribution in [0.15, 0.2) is 79.9 Å². The van der Waals surface area contributed by atoms with Crippen molar-refractivity contribution in [2.45, 2.75) is 69.2 Å². The third-order valence-corrected chi connectivity index (χ3v) is 9.92. The summed E-state index contributed by atoms with van der Waals surface area (Å²) in [5.41, 5.74) is -0.376. The number of rotatable bonds is 16. The minimum Gasteiger partial charge on any atom is -0.497 e. The summed E-state index contributed by atoms with van der Waals surface area (Å²) in [5, 5.41) is 9.26. The zero-order chi connectivity index (χ0) is 32.9. The van der Waals surface area contributed by atoms with E-state index >= 15 is 0 Å². The normalized spacial score (nSPS) is 26.1. The number of hydrogen-bond donors (Lipinski definition) is 1. The number of hydrogen-bond acceptors (Lipinski definition) is 6. The van der Waals surface area contributed by atoms with E-state index in [-0.39, 0.29) is 30.9 Å². The van der Waals surface area contributed by atoms with Gasteiger partial charge < -0.3 is 29.3 Å². The molecule has 3 aliphatic rings. The van der Waals surface area contributed by atoms with Crippen molar-refractivity contribution in [3.8, 4) is 5.75 Å². The SMILES string of the molecule is C=CCN(Cc1ccccc1)C(=O)[C@@H]1[C@H]2C(=O)N(CCCCCCO)C(C(=O)N(CC=C)c3ccc(OC)cc3)C23CC[C@@]1(C)O3. The second-order valence-electron chi connectivity index (χ2n) is 12.8. The highest BCUT2D eigenvalue weighted by molar-refractivity contribution is 6.05. The lowest BCUT2D eigenvalue weighted by molar-refractivity contribution is -0.150. The zero-order valence-corrected chi connectivity index (χ0v) is 27.1. The molecule has 2 unspecified atom stereocenters. The maximum Gasteiger partial charge on any atom is 0.253 e. The predicted octanol–water partition coefficient (Wildman–Crippen LogP) is 4.75. The second-order valence-corrected chi connectivity index (χ2v) is 12.8. The van der Waals surface area contributed by atoms with Crippen LogP contribution in [0.5, 0.6) is 5.75 Å². The molecule has 246 valence electrons. The lowest BCUT2D eigenvalue weighted by atomic mass is 9.66. The van der Waals surface area contributed by atoms with Crippen molar-refractivity contribution in [2.24, 2.45) is 11.8 Å². The van der Waals surface area contributed by atoms with Crippen LogP contribution in [0.25, 0.3) is 0 Å². The summed E-state index contributed by atoms with van der Waals surface area (Å²) in [6.45, 7) is 11.2. The Balaban J connectivity index is 1.52. The van der Waals surface area contributed by atoms with Crippen LogP contribution in [0.3, 0.4) is 0 Å². The average Bonchev–Trinajstić information content (AvgIpc) is 3.63. The van der Waals surface area contributed by atoms with Gasteiger partial charge in [-0.05, 0) is 62.4 Å². The van der Waals surface area contributed by atoms with Gasteiger partial charge in [0.1, 0.15) is 17.4 Å². The van der Waals surface area contributed by atoms with Gasteiger partial charge in [0.2, 0.25) is 11.8 Å².